The first-order valence-corrected chi connectivity index (χ1v) is 39.2. The Morgan fingerprint density at radius 2 is 0.633 bits per heavy atom. The molecule has 6 aromatic carbocycles. The number of rotatable bonds is 39. The predicted molar refractivity (Wildman–Crippen MR) is 420 cm³/mol. The van der Waals surface area contributed by atoms with Crippen LogP contribution in [0.25, 0.3) is 0 Å². The minimum atomic E-state index is -0.748. The van der Waals surface area contributed by atoms with Gasteiger partial charge < -0.3 is 47.4 Å². The predicted octanol–water partition coefficient (Wildman–Crippen LogP) is 19.3. The van der Waals surface area contributed by atoms with Gasteiger partial charge >= 0.3 is 23.9 Å². The van der Waals surface area contributed by atoms with Crippen LogP contribution < -0.4 is 28.4 Å². The molecule has 10 aromatic rings. The molecule has 2 unspecified atom stereocenters. The smallest absolute Gasteiger partial charge is 0.357 e. The van der Waals surface area contributed by atoms with E-state index in [2.05, 4.69) is 60.1 Å². The van der Waals surface area contributed by atoms with Crippen molar-refractivity contribution in [1.29, 1.82) is 0 Å². The molecule has 109 heavy (non-hydrogen) atoms. The molecule has 574 valence electrons. The molecule has 0 bridgehead atoms. The largest absolute Gasteiger partial charge is 0.485 e. The van der Waals surface area contributed by atoms with Gasteiger partial charge in [-0.1, -0.05) is 139 Å². The van der Waals surface area contributed by atoms with Gasteiger partial charge in [0, 0.05) is 21.5 Å². The number of aryl methyl sites for hydroxylation is 2. The number of ketones is 4. The molecule has 10 rings (SSSR count). The molecule has 0 spiro atoms. The molecule has 0 saturated carbocycles. The van der Waals surface area contributed by atoms with Crippen LogP contribution in [0.2, 0.25) is 0 Å². The lowest BCUT2D eigenvalue weighted by Crippen LogP contribution is -2.24. The molecule has 22 nitrogen and oxygen atoms in total. The summed E-state index contributed by atoms with van der Waals surface area (Å²) >= 11 is 4.40. The molecule has 2 atom stereocenters. The lowest BCUT2D eigenvalue weighted by Gasteiger charge is -2.13. The van der Waals surface area contributed by atoms with E-state index in [1.807, 2.05) is 97.1 Å². The second-order valence-electron chi connectivity index (χ2n) is 24.1. The third kappa shape index (κ3) is 29.7. The fourth-order valence-electron chi connectivity index (χ4n) is 9.90. The van der Waals surface area contributed by atoms with Crippen molar-refractivity contribution < 1.29 is 85.7 Å². The van der Waals surface area contributed by atoms with Gasteiger partial charge in [-0.15, -0.1) is 45.3 Å². The molecule has 0 aliphatic heterocycles. The summed E-state index contributed by atoms with van der Waals surface area (Å²) < 4.78 is 52.5. The van der Waals surface area contributed by atoms with Gasteiger partial charge in [-0.3, -0.25) is 19.2 Å². The van der Waals surface area contributed by atoms with E-state index < -0.39 is 36.1 Å². The number of thiazole rings is 4. The summed E-state index contributed by atoms with van der Waals surface area (Å²) in [7, 11) is 3.81. The topological polar surface area (TPSA) is 280 Å². The molecule has 0 saturated heterocycles. The third-order valence-corrected chi connectivity index (χ3v) is 19.3. The Kier molecular flexibility index (Phi) is 36.9. The monoisotopic (exact) mass is 1560 g/mol. The SMILES string of the molecule is CCCCCCCCc1ccc(OC(C)C(=O)c2nc(C(=O)OC)cs2)cc1.CCCCCCCCc1ccc(OCC(=O)c2nc(C(=O)OCC)cs2)cc1.COC(=O)c1csc(C(=O)C(C)Oc2ccc(Oc3ccccc3)cc2)n1.COC(=O)c1csc(C(=O)COc2ccc(Oc3ccccc3)cc2)n1. The van der Waals surface area contributed by atoms with E-state index in [9.17, 15) is 38.4 Å². The lowest BCUT2D eigenvalue weighted by molar-refractivity contribution is 0.0517. The molecule has 4 aromatic heterocycles. The molecule has 0 aliphatic carbocycles. The van der Waals surface area contributed by atoms with Gasteiger partial charge in [0.25, 0.3) is 0 Å². The van der Waals surface area contributed by atoms with Crippen LogP contribution in [-0.2, 0) is 31.8 Å². The fraction of sp³-hybridized carbons (Fsp3) is 0.325. The van der Waals surface area contributed by atoms with Crippen molar-refractivity contribution in [1.82, 2.24) is 19.9 Å². The van der Waals surface area contributed by atoms with E-state index in [4.69, 9.17) is 33.2 Å². The molecule has 0 aliphatic rings. The molecule has 4 heterocycles. The normalized spacial score (nSPS) is 11.0. The van der Waals surface area contributed by atoms with E-state index in [-0.39, 0.29) is 85.8 Å². The Morgan fingerprint density at radius 1 is 0.339 bits per heavy atom. The molecular formula is C83H90N4O18S4. The van der Waals surface area contributed by atoms with Crippen LogP contribution in [0.15, 0.2) is 179 Å². The highest BCUT2D eigenvalue weighted by Crippen LogP contribution is 2.28. The Hall–Kier alpha value is -10.8. The summed E-state index contributed by atoms with van der Waals surface area (Å²) in [5.41, 5.74) is 3.10. The number of hydrogen-bond acceptors (Lipinski definition) is 26. The van der Waals surface area contributed by atoms with Crippen molar-refractivity contribution in [2.24, 2.45) is 0 Å². The summed E-state index contributed by atoms with van der Waals surface area (Å²) in [5, 5.41) is 6.91. The maximum Gasteiger partial charge on any atom is 0.357 e. The minimum Gasteiger partial charge on any atom is -0.485 e. The number of ether oxygens (including phenoxy) is 10. The standard InChI is InChI=1S/2C22H29NO4S.C20H17NO5S.C19H15NO5S/c1-4-5-6-7-8-9-10-17-11-13-18(14-12-17)27-16(2)20(24)21-23-19(15-28-21)22(25)26-3;1-3-5-6-7-8-9-10-17-11-13-18(14-12-17)27-15-20(24)21-23-19(16-28-21)22(25)26-4-2;1-13(18(22)19-21-17(12-27-19)20(23)24-2)25-15-8-10-16(11-9-15)26-14-6-4-3-5-7-14;1-23-19(22)16-12-26-18(20-16)17(21)11-24-13-7-9-15(10-8-13)25-14-5-3-2-4-6-14/h11-16H,4-10H2,1-3H3;11-14,16H,3-10,15H2,1-2H3;3-13H,1-2H3;2-10,12H,11H2,1H3. The average Bonchev–Trinajstić information content (AvgIpc) is 1.75. The maximum absolute atomic E-state index is 12.5. The number of nitrogens with zero attached hydrogens (tertiary/aromatic N) is 4. The van der Waals surface area contributed by atoms with Gasteiger partial charge in [-0.2, -0.15) is 0 Å². The van der Waals surface area contributed by atoms with E-state index >= 15 is 0 Å². The number of hydrogen-bond donors (Lipinski definition) is 0. The Balaban J connectivity index is 0.000000202. The van der Waals surface area contributed by atoms with Crippen molar-refractivity contribution >= 4 is 92.4 Å². The zero-order valence-electron chi connectivity index (χ0n) is 62.3. The van der Waals surface area contributed by atoms with Crippen molar-refractivity contribution in [2.45, 2.75) is 137 Å². The average molecular weight is 1560 g/mol. The van der Waals surface area contributed by atoms with Gasteiger partial charge in [0.2, 0.25) is 23.1 Å². The Morgan fingerprint density at radius 3 is 0.991 bits per heavy atom. The van der Waals surface area contributed by atoms with Crippen molar-refractivity contribution in [3.05, 3.63) is 233 Å². The van der Waals surface area contributed by atoms with E-state index in [1.165, 1.54) is 131 Å². The first-order chi connectivity index (χ1) is 52.9. The first kappa shape index (κ1) is 85.4. The zero-order valence-corrected chi connectivity index (χ0v) is 65.5. The van der Waals surface area contributed by atoms with Gasteiger partial charge in [-0.25, -0.2) is 39.1 Å². The molecular weight excluding hydrogens is 1470 g/mol. The summed E-state index contributed by atoms with van der Waals surface area (Å²) in [6, 6.07) is 48.6. The van der Waals surface area contributed by atoms with Crippen LogP contribution in [0.4, 0.5) is 0 Å². The van der Waals surface area contributed by atoms with Gasteiger partial charge in [0.1, 0.15) is 46.0 Å². The highest BCUT2D eigenvalue weighted by atomic mass is 32.1. The third-order valence-electron chi connectivity index (χ3n) is 15.8. The van der Waals surface area contributed by atoms with Crippen molar-refractivity contribution in [3.8, 4) is 46.0 Å². The van der Waals surface area contributed by atoms with Crippen LogP contribution in [0, 0.1) is 0 Å². The number of carbonyl (C=O) groups is 8. The van der Waals surface area contributed by atoms with Crippen molar-refractivity contribution in [3.63, 3.8) is 0 Å². The van der Waals surface area contributed by atoms with Gasteiger partial charge in [0.05, 0.1) is 27.9 Å². The maximum atomic E-state index is 12.5. The zero-order chi connectivity index (χ0) is 78.1. The van der Waals surface area contributed by atoms with Crippen LogP contribution in [0.3, 0.4) is 0 Å². The Labute approximate surface area is 651 Å². The van der Waals surface area contributed by atoms with E-state index in [1.54, 1.807) is 69.3 Å². The number of unbranched alkanes of at least 4 members (excludes halogenated alkanes) is 10. The quantitative estimate of drug-likeness (QED) is 0.0150. The molecule has 26 heteroatoms. The fourth-order valence-corrected chi connectivity index (χ4v) is 12.9. The number of benzene rings is 6. The second kappa shape index (κ2) is 47.1. The van der Waals surface area contributed by atoms with Crippen LogP contribution in [-0.4, -0.2) is 120 Å². The molecule has 0 fully saturated rings. The molecule has 0 N–H and O–H groups in total. The van der Waals surface area contributed by atoms with Gasteiger partial charge in [-0.05, 0) is 155 Å². The van der Waals surface area contributed by atoms with Gasteiger partial charge in [0.15, 0.2) is 68.2 Å². The molecule has 0 radical (unpaired) electrons. The summed E-state index contributed by atoms with van der Waals surface area (Å²) in [5.74, 6) is 1.83. The van der Waals surface area contributed by atoms with Crippen LogP contribution in [0.5, 0.6) is 46.0 Å². The summed E-state index contributed by atoms with van der Waals surface area (Å²) in [4.78, 5) is 111. The highest BCUT2D eigenvalue weighted by Gasteiger charge is 2.25. The number of para-hydroxylation sites is 2. The summed E-state index contributed by atoms with van der Waals surface area (Å²) in [6.45, 7) is 9.51. The number of esters is 4. The highest BCUT2D eigenvalue weighted by molar-refractivity contribution is 7.13. The number of Topliss-reactive ketones (excluding diaryl/α,β-unsaturated/α-hetero) is 4. The first-order valence-electron chi connectivity index (χ1n) is 35.7. The second-order valence-corrected chi connectivity index (χ2v) is 27.5. The minimum absolute atomic E-state index is 0.105. The molecule has 0 amide bonds. The lowest BCUT2D eigenvalue weighted by atomic mass is 10.0. The number of aromatic nitrogens is 4. The Bertz CT molecular complexity index is 4430. The number of carbonyl (C=O) groups excluding carboxylic acids is 8. The van der Waals surface area contributed by atoms with E-state index in [0.29, 0.717) is 34.5 Å². The number of methoxy groups -OCH3 is 3. The van der Waals surface area contributed by atoms with E-state index in [0.717, 1.165) is 69.7 Å². The van der Waals surface area contributed by atoms with Crippen LogP contribution >= 0.6 is 45.3 Å². The van der Waals surface area contributed by atoms with Crippen molar-refractivity contribution in [2.75, 3.05) is 41.2 Å². The summed E-state index contributed by atoms with van der Waals surface area (Å²) in [6.07, 6.45) is 16.1. The van der Waals surface area contributed by atoms with Crippen LogP contribution in [0.1, 0.15) is 204 Å².